The fraction of sp³-hybridized carbons (Fsp3) is 0.208. The molecule has 0 aromatic heterocycles. The van der Waals surface area contributed by atoms with Crippen molar-refractivity contribution in [2.45, 2.75) is 12.6 Å². The van der Waals surface area contributed by atoms with Gasteiger partial charge in [0.2, 0.25) is 5.91 Å². The van der Waals surface area contributed by atoms with Crippen LogP contribution in [-0.4, -0.2) is 26.7 Å². The first-order valence-electron chi connectivity index (χ1n) is 9.49. The highest BCUT2D eigenvalue weighted by Crippen LogP contribution is 2.26. The van der Waals surface area contributed by atoms with Gasteiger partial charge >= 0.3 is 0 Å². The summed E-state index contributed by atoms with van der Waals surface area (Å²) in [6.45, 7) is 0.191. The van der Waals surface area contributed by atoms with Gasteiger partial charge < -0.3 is 19.5 Å². The molecule has 0 atom stereocenters. The minimum absolute atomic E-state index is 0.0754. The largest absolute Gasteiger partial charge is 0.497 e. The summed E-state index contributed by atoms with van der Waals surface area (Å²) in [5.74, 6) is 1.28. The number of amides is 1. The molecule has 0 unspecified atom stereocenters. The highest BCUT2D eigenvalue weighted by atomic mass is 35.5. The zero-order valence-electron chi connectivity index (χ0n) is 16.9. The van der Waals surface area contributed by atoms with Gasteiger partial charge in [-0.05, 0) is 47.0 Å². The van der Waals surface area contributed by atoms with E-state index >= 15 is 0 Å². The van der Waals surface area contributed by atoms with Crippen LogP contribution in [0.15, 0.2) is 72.8 Å². The van der Waals surface area contributed by atoms with Gasteiger partial charge in [-0.2, -0.15) is 0 Å². The van der Waals surface area contributed by atoms with Gasteiger partial charge in [-0.1, -0.05) is 54.1 Å². The van der Waals surface area contributed by atoms with Gasteiger partial charge in [-0.3, -0.25) is 4.79 Å². The van der Waals surface area contributed by atoms with E-state index in [0.717, 1.165) is 28.2 Å². The minimum atomic E-state index is -0.335. The number of methoxy groups -OCH3 is 2. The average Bonchev–Trinajstić information content (AvgIpc) is 2.79. The summed E-state index contributed by atoms with van der Waals surface area (Å²) in [5.41, 5.74) is 2.70. The van der Waals surface area contributed by atoms with Crippen molar-refractivity contribution < 1.29 is 19.0 Å². The number of ether oxygens (including phenoxy) is 3. The smallest absolute Gasteiger partial charge is 0.246 e. The van der Waals surface area contributed by atoms with E-state index in [1.54, 1.807) is 20.3 Å². The number of halogens is 1. The van der Waals surface area contributed by atoms with Gasteiger partial charge in [0.05, 0.1) is 26.9 Å². The third-order valence-electron chi connectivity index (χ3n) is 4.65. The Morgan fingerprint density at radius 1 is 0.867 bits per heavy atom. The fourth-order valence-electron chi connectivity index (χ4n) is 3.02. The summed E-state index contributed by atoms with van der Waals surface area (Å²) in [7, 11) is 3.24. The molecule has 0 heterocycles. The second-order valence-electron chi connectivity index (χ2n) is 6.63. The number of benzene rings is 3. The van der Waals surface area contributed by atoms with Crippen LogP contribution in [0.5, 0.6) is 11.5 Å². The fourth-order valence-corrected chi connectivity index (χ4v) is 3.21. The first-order valence-corrected chi connectivity index (χ1v) is 9.87. The number of rotatable bonds is 9. The van der Waals surface area contributed by atoms with Crippen LogP contribution < -0.4 is 14.8 Å². The molecule has 0 radical (unpaired) electrons. The third kappa shape index (κ3) is 5.75. The zero-order chi connectivity index (χ0) is 21.3. The molecule has 6 heteroatoms. The molecule has 0 fully saturated rings. The summed E-state index contributed by atoms with van der Waals surface area (Å²) < 4.78 is 16.0. The van der Waals surface area contributed by atoms with Gasteiger partial charge in [0.15, 0.2) is 0 Å². The Balaban J connectivity index is 1.70. The summed E-state index contributed by atoms with van der Waals surface area (Å²) in [6, 6.07) is 22.3. The first kappa shape index (κ1) is 21.7. The molecule has 0 aliphatic rings. The van der Waals surface area contributed by atoms with Crippen molar-refractivity contribution in [1.82, 2.24) is 5.32 Å². The van der Waals surface area contributed by atoms with Crippen LogP contribution in [0, 0.1) is 0 Å². The molecule has 156 valence electrons. The monoisotopic (exact) mass is 425 g/mol. The maximum Gasteiger partial charge on any atom is 0.246 e. The molecule has 30 heavy (non-hydrogen) atoms. The van der Waals surface area contributed by atoms with Crippen LogP contribution in [0.1, 0.15) is 22.7 Å². The second kappa shape index (κ2) is 10.7. The lowest BCUT2D eigenvalue weighted by Gasteiger charge is -2.20. The summed E-state index contributed by atoms with van der Waals surface area (Å²) in [5, 5.41) is 3.66. The third-order valence-corrected chi connectivity index (χ3v) is 5.02. The molecular formula is C24H24ClNO4. The van der Waals surface area contributed by atoms with Crippen LogP contribution in [0.4, 0.5) is 0 Å². The summed E-state index contributed by atoms with van der Waals surface area (Å²) in [6.07, 6.45) is 0. The number of nitrogens with one attached hydrogen (secondary N) is 1. The van der Waals surface area contributed by atoms with E-state index in [-0.39, 0.29) is 25.2 Å². The van der Waals surface area contributed by atoms with Gasteiger partial charge in [-0.15, -0.1) is 0 Å². The number of carbonyl (C=O) groups is 1. The van der Waals surface area contributed by atoms with Gasteiger partial charge in [0, 0.05) is 5.02 Å². The molecule has 0 aliphatic carbocycles. The van der Waals surface area contributed by atoms with Crippen molar-refractivity contribution >= 4 is 17.5 Å². The molecule has 5 nitrogen and oxygen atoms in total. The second-order valence-corrected chi connectivity index (χ2v) is 7.04. The summed E-state index contributed by atoms with van der Waals surface area (Å²) >= 11 is 6.13. The normalized spacial score (nSPS) is 10.7. The molecule has 3 aromatic carbocycles. The Morgan fingerprint density at radius 2 is 1.40 bits per heavy atom. The lowest BCUT2D eigenvalue weighted by Crippen LogP contribution is -2.32. The SMILES string of the molecule is COc1ccc(C(NC(=O)COCc2ccccc2Cl)c2ccc(OC)cc2)cc1. The molecule has 1 N–H and O–H groups in total. The highest BCUT2D eigenvalue weighted by Gasteiger charge is 2.17. The molecule has 0 spiro atoms. The lowest BCUT2D eigenvalue weighted by atomic mass is 9.98. The Labute approximate surface area is 181 Å². The standard InChI is InChI=1S/C24H24ClNO4/c1-28-20-11-7-17(8-12-20)24(18-9-13-21(29-2)14-10-18)26-23(27)16-30-15-19-5-3-4-6-22(19)25/h3-14,24H,15-16H2,1-2H3,(H,26,27). The Kier molecular flexibility index (Phi) is 7.71. The van der Waals surface area contributed by atoms with E-state index in [9.17, 15) is 4.79 Å². The van der Waals surface area contributed by atoms with Crippen molar-refractivity contribution in [3.63, 3.8) is 0 Å². The predicted octanol–water partition coefficient (Wildman–Crippen LogP) is 4.78. The molecule has 0 saturated heterocycles. The van der Waals surface area contributed by atoms with Crippen LogP contribution in [0.2, 0.25) is 5.02 Å². The van der Waals surface area contributed by atoms with E-state index < -0.39 is 0 Å². The van der Waals surface area contributed by atoms with E-state index in [4.69, 9.17) is 25.8 Å². The van der Waals surface area contributed by atoms with Crippen molar-refractivity contribution in [2.24, 2.45) is 0 Å². The van der Waals surface area contributed by atoms with Crippen molar-refractivity contribution in [3.8, 4) is 11.5 Å². The van der Waals surface area contributed by atoms with Gasteiger partial charge in [0.25, 0.3) is 0 Å². The van der Waals surface area contributed by atoms with Gasteiger partial charge in [-0.25, -0.2) is 0 Å². The predicted molar refractivity (Wildman–Crippen MR) is 117 cm³/mol. The molecule has 0 aliphatic heterocycles. The zero-order valence-corrected chi connectivity index (χ0v) is 17.7. The van der Waals surface area contributed by atoms with Crippen molar-refractivity contribution in [1.29, 1.82) is 0 Å². The Hall–Kier alpha value is -3.02. The lowest BCUT2D eigenvalue weighted by molar-refractivity contribution is -0.126. The number of hydrogen-bond acceptors (Lipinski definition) is 4. The highest BCUT2D eigenvalue weighted by molar-refractivity contribution is 6.31. The van der Waals surface area contributed by atoms with Crippen molar-refractivity contribution in [3.05, 3.63) is 94.5 Å². The number of carbonyl (C=O) groups excluding carboxylic acids is 1. The van der Waals surface area contributed by atoms with E-state index in [0.29, 0.717) is 5.02 Å². The van der Waals surface area contributed by atoms with E-state index in [1.807, 2.05) is 66.7 Å². The number of hydrogen-bond donors (Lipinski definition) is 1. The van der Waals surface area contributed by atoms with Crippen molar-refractivity contribution in [2.75, 3.05) is 20.8 Å². The molecule has 1 amide bonds. The average molecular weight is 426 g/mol. The minimum Gasteiger partial charge on any atom is -0.497 e. The van der Waals surface area contributed by atoms with Gasteiger partial charge in [0.1, 0.15) is 18.1 Å². The molecular weight excluding hydrogens is 402 g/mol. The molecule has 3 aromatic rings. The maximum absolute atomic E-state index is 12.6. The molecule has 0 saturated carbocycles. The van der Waals surface area contributed by atoms with E-state index in [1.165, 1.54) is 0 Å². The maximum atomic E-state index is 12.6. The Bertz CT molecular complexity index is 910. The topological polar surface area (TPSA) is 56.8 Å². The van der Waals surface area contributed by atoms with Crippen LogP contribution >= 0.6 is 11.6 Å². The molecule has 3 rings (SSSR count). The van der Waals surface area contributed by atoms with Crippen LogP contribution in [-0.2, 0) is 16.1 Å². The quantitative estimate of drug-likeness (QED) is 0.536. The molecule has 0 bridgehead atoms. The van der Waals surface area contributed by atoms with Crippen LogP contribution in [0.3, 0.4) is 0 Å². The Morgan fingerprint density at radius 3 is 1.90 bits per heavy atom. The van der Waals surface area contributed by atoms with E-state index in [2.05, 4.69) is 5.32 Å². The van der Waals surface area contributed by atoms with Crippen LogP contribution in [0.25, 0.3) is 0 Å². The first-order chi connectivity index (χ1) is 14.6. The summed E-state index contributed by atoms with van der Waals surface area (Å²) in [4.78, 5) is 12.6.